The molecular formula is C56H39N. The maximum atomic E-state index is 2.43. The van der Waals surface area contributed by atoms with Crippen LogP contribution in [0, 0.1) is 0 Å². The Labute approximate surface area is 334 Å². The molecule has 0 aliphatic heterocycles. The molecule has 268 valence electrons. The lowest BCUT2D eigenvalue weighted by molar-refractivity contribution is 1.30. The molecule has 1 nitrogen and oxygen atoms in total. The zero-order valence-electron chi connectivity index (χ0n) is 31.5. The van der Waals surface area contributed by atoms with Crippen molar-refractivity contribution in [2.75, 3.05) is 4.90 Å². The second kappa shape index (κ2) is 15.0. The molecule has 0 aromatic heterocycles. The van der Waals surface area contributed by atoms with Gasteiger partial charge in [-0.25, -0.2) is 0 Å². The van der Waals surface area contributed by atoms with Crippen molar-refractivity contribution in [2.45, 2.75) is 0 Å². The van der Waals surface area contributed by atoms with E-state index in [1.54, 1.807) is 0 Å². The summed E-state index contributed by atoms with van der Waals surface area (Å²) in [5.74, 6) is 0. The first-order valence-corrected chi connectivity index (χ1v) is 19.6. The third-order valence-corrected chi connectivity index (χ3v) is 11.0. The highest BCUT2D eigenvalue weighted by atomic mass is 15.1. The molecule has 0 saturated heterocycles. The van der Waals surface area contributed by atoms with Crippen LogP contribution < -0.4 is 4.90 Å². The smallest absolute Gasteiger partial charge is 0.0540 e. The number of para-hydroxylation sites is 1. The van der Waals surface area contributed by atoms with Crippen LogP contribution in [0.15, 0.2) is 237 Å². The first-order valence-electron chi connectivity index (χ1n) is 19.6. The first kappa shape index (κ1) is 34.0. The largest absolute Gasteiger partial charge is 0.309 e. The molecule has 0 saturated carbocycles. The van der Waals surface area contributed by atoms with Crippen LogP contribution in [0.25, 0.3) is 77.2 Å². The van der Waals surface area contributed by atoms with Crippen molar-refractivity contribution in [3.05, 3.63) is 237 Å². The number of fused-ring (bicyclic) bond motifs is 2. The molecule has 0 heterocycles. The first-order chi connectivity index (χ1) is 28.3. The Morgan fingerprint density at radius 2 is 0.632 bits per heavy atom. The van der Waals surface area contributed by atoms with Crippen molar-refractivity contribution in [3.8, 4) is 55.6 Å². The van der Waals surface area contributed by atoms with Gasteiger partial charge in [0.25, 0.3) is 0 Å². The molecule has 0 spiro atoms. The quantitative estimate of drug-likeness (QED) is 0.151. The molecule has 0 N–H and O–H groups in total. The summed E-state index contributed by atoms with van der Waals surface area (Å²) in [6.07, 6.45) is 0. The fourth-order valence-electron chi connectivity index (χ4n) is 8.25. The number of anilines is 3. The molecule has 10 aromatic rings. The summed E-state index contributed by atoms with van der Waals surface area (Å²) in [6.45, 7) is 0. The Kier molecular flexibility index (Phi) is 8.95. The molecule has 0 amide bonds. The van der Waals surface area contributed by atoms with Gasteiger partial charge in [0.15, 0.2) is 0 Å². The third kappa shape index (κ3) is 6.66. The van der Waals surface area contributed by atoms with Crippen molar-refractivity contribution in [1.29, 1.82) is 0 Å². The summed E-state index contributed by atoms with van der Waals surface area (Å²) in [6, 6.07) is 85.7. The van der Waals surface area contributed by atoms with Crippen molar-refractivity contribution in [2.24, 2.45) is 0 Å². The maximum Gasteiger partial charge on any atom is 0.0540 e. The molecule has 0 bridgehead atoms. The standard InChI is InChI=1S/C56H39N/c1-3-16-40(17-4-1)47-37-48(41-18-5-2-6-19-41)39-49(38-47)42-32-34-50(35-33-42)57(56-31-15-23-44-21-8-10-27-53(44)56)55-30-12-11-28-54(55)46-25-13-24-45(36-46)52-29-14-22-43-20-7-9-26-51(43)52/h1-39H. The van der Waals surface area contributed by atoms with Crippen LogP contribution in [0.4, 0.5) is 17.1 Å². The molecule has 0 aliphatic rings. The van der Waals surface area contributed by atoms with E-state index in [1.807, 2.05) is 0 Å². The monoisotopic (exact) mass is 725 g/mol. The summed E-state index contributed by atoms with van der Waals surface area (Å²) in [5.41, 5.74) is 15.3. The van der Waals surface area contributed by atoms with E-state index in [1.165, 1.54) is 77.2 Å². The normalized spacial score (nSPS) is 11.2. The zero-order valence-corrected chi connectivity index (χ0v) is 31.5. The Bertz CT molecular complexity index is 2930. The Morgan fingerprint density at radius 1 is 0.228 bits per heavy atom. The van der Waals surface area contributed by atoms with Crippen LogP contribution in [0.3, 0.4) is 0 Å². The van der Waals surface area contributed by atoms with Gasteiger partial charge in [0, 0.05) is 16.6 Å². The summed E-state index contributed by atoms with van der Waals surface area (Å²) < 4.78 is 0. The van der Waals surface area contributed by atoms with E-state index in [0.29, 0.717) is 0 Å². The topological polar surface area (TPSA) is 3.24 Å². The van der Waals surface area contributed by atoms with Gasteiger partial charge in [-0.15, -0.1) is 0 Å². The molecule has 0 unspecified atom stereocenters. The third-order valence-electron chi connectivity index (χ3n) is 11.0. The molecule has 1 heteroatoms. The minimum Gasteiger partial charge on any atom is -0.309 e. The summed E-state index contributed by atoms with van der Waals surface area (Å²) in [4.78, 5) is 2.43. The van der Waals surface area contributed by atoms with Crippen LogP contribution >= 0.6 is 0 Å². The van der Waals surface area contributed by atoms with Gasteiger partial charge in [-0.05, 0) is 115 Å². The van der Waals surface area contributed by atoms with Crippen molar-refractivity contribution >= 4 is 38.6 Å². The number of hydrogen-bond donors (Lipinski definition) is 0. The lowest BCUT2D eigenvalue weighted by Gasteiger charge is -2.29. The lowest BCUT2D eigenvalue weighted by Crippen LogP contribution is -2.11. The van der Waals surface area contributed by atoms with Crippen LogP contribution in [0.2, 0.25) is 0 Å². The van der Waals surface area contributed by atoms with Gasteiger partial charge >= 0.3 is 0 Å². The van der Waals surface area contributed by atoms with Gasteiger partial charge in [0.2, 0.25) is 0 Å². The van der Waals surface area contributed by atoms with Crippen LogP contribution in [-0.4, -0.2) is 0 Å². The summed E-state index contributed by atoms with van der Waals surface area (Å²) >= 11 is 0. The molecule has 10 aromatic carbocycles. The highest BCUT2D eigenvalue weighted by Gasteiger charge is 2.20. The molecule has 0 aliphatic carbocycles. The Hall–Kier alpha value is -7.48. The second-order valence-corrected chi connectivity index (χ2v) is 14.5. The van der Waals surface area contributed by atoms with E-state index >= 15 is 0 Å². The van der Waals surface area contributed by atoms with E-state index in [2.05, 4.69) is 241 Å². The van der Waals surface area contributed by atoms with Gasteiger partial charge < -0.3 is 4.90 Å². The average Bonchev–Trinajstić information content (AvgIpc) is 3.30. The number of benzene rings is 10. The van der Waals surface area contributed by atoms with Crippen molar-refractivity contribution < 1.29 is 0 Å². The molecule has 57 heavy (non-hydrogen) atoms. The molecule has 0 atom stereocenters. The maximum absolute atomic E-state index is 2.43. The molecular weight excluding hydrogens is 687 g/mol. The molecule has 0 radical (unpaired) electrons. The highest BCUT2D eigenvalue weighted by molar-refractivity contribution is 6.02. The second-order valence-electron chi connectivity index (χ2n) is 14.5. The van der Waals surface area contributed by atoms with E-state index in [4.69, 9.17) is 0 Å². The zero-order chi connectivity index (χ0) is 38.0. The van der Waals surface area contributed by atoms with Crippen LogP contribution in [0.5, 0.6) is 0 Å². The van der Waals surface area contributed by atoms with E-state index in [9.17, 15) is 0 Å². The average molecular weight is 726 g/mol. The van der Waals surface area contributed by atoms with Gasteiger partial charge in [-0.2, -0.15) is 0 Å². The van der Waals surface area contributed by atoms with Crippen LogP contribution in [0.1, 0.15) is 0 Å². The van der Waals surface area contributed by atoms with Crippen LogP contribution in [-0.2, 0) is 0 Å². The SMILES string of the molecule is c1ccc(-c2cc(-c3ccccc3)cc(-c3ccc(N(c4ccccc4-c4cccc(-c5cccc6ccccc56)c4)c4cccc5ccccc45)cc3)c2)cc1. The molecule has 10 rings (SSSR count). The summed E-state index contributed by atoms with van der Waals surface area (Å²) in [7, 11) is 0. The summed E-state index contributed by atoms with van der Waals surface area (Å²) in [5, 5.41) is 4.91. The van der Waals surface area contributed by atoms with Gasteiger partial charge in [-0.3, -0.25) is 0 Å². The lowest BCUT2D eigenvalue weighted by atomic mass is 9.93. The Morgan fingerprint density at radius 3 is 1.30 bits per heavy atom. The van der Waals surface area contributed by atoms with E-state index in [-0.39, 0.29) is 0 Å². The minimum atomic E-state index is 1.09. The highest BCUT2D eigenvalue weighted by Crippen LogP contribution is 2.45. The number of nitrogens with zero attached hydrogens (tertiary/aromatic N) is 1. The predicted octanol–water partition coefficient (Wildman–Crippen LogP) is 15.8. The number of rotatable bonds is 8. The van der Waals surface area contributed by atoms with Crippen molar-refractivity contribution in [1.82, 2.24) is 0 Å². The Balaban J connectivity index is 1.12. The fourth-order valence-corrected chi connectivity index (χ4v) is 8.25. The van der Waals surface area contributed by atoms with E-state index in [0.717, 1.165) is 17.1 Å². The minimum absolute atomic E-state index is 1.09. The van der Waals surface area contributed by atoms with Crippen molar-refractivity contribution in [3.63, 3.8) is 0 Å². The van der Waals surface area contributed by atoms with Gasteiger partial charge in [0.05, 0.1) is 11.4 Å². The molecule has 0 fully saturated rings. The van der Waals surface area contributed by atoms with E-state index < -0.39 is 0 Å². The number of hydrogen-bond acceptors (Lipinski definition) is 1. The van der Waals surface area contributed by atoms with Gasteiger partial charge in [0.1, 0.15) is 0 Å². The fraction of sp³-hybridized carbons (Fsp3) is 0. The van der Waals surface area contributed by atoms with Gasteiger partial charge in [-0.1, -0.05) is 188 Å². The predicted molar refractivity (Wildman–Crippen MR) is 243 cm³/mol.